The molecule has 2 fully saturated rings. The first-order valence-electron chi connectivity index (χ1n) is 6.17. The Kier molecular flexibility index (Phi) is 3.45. The summed E-state index contributed by atoms with van der Waals surface area (Å²) >= 11 is 0. The lowest BCUT2D eigenvalue weighted by atomic mass is 9.82. The maximum atomic E-state index is 5.55. The number of rotatable bonds is 3. The molecule has 2 saturated heterocycles. The van der Waals surface area contributed by atoms with E-state index < -0.39 is 0 Å². The van der Waals surface area contributed by atoms with E-state index in [1.807, 2.05) is 0 Å². The Morgan fingerprint density at radius 1 is 1.43 bits per heavy atom. The number of hydrogen-bond donors (Lipinski definition) is 1. The average molecular weight is 197 g/mol. The van der Waals surface area contributed by atoms with Gasteiger partial charge >= 0.3 is 0 Å². The normalized spacial score (nSPS) is 38.8. The molecule has 14 heavy (non-hydrogen) atoms. The first kappa shape index (κ1) is 10.4. The zero-order valence-electron chi connectivity index (χ0n) is 9.35. The van der Waals surface area contributed by atoms with E-state index in [2.05, 4.69) is 12.2 Å². The van der Waals surface area contributed by atoms with Crippen LogP contribution >= 0.6 is 0 Å². The van der Waals surface area contributed by atoms with E-state index in [4.69, 9.17) is 4.74 Å². The van der Waals surface area contributed by atoms with Gasteiger partial charge in [-0.25, -0.2) is 0 Å². The highest BCUT2D eigenvalue weighted by Crippen LogP contribution is 2.32. The second-order valence-electron chi connectivity index (χ2n) is 4.95. The highest BCUT2D eigenvalue weighted by atomic mass is 16.5. The number of hydrogen-bond acceptors (Lipinski definition) is 2. The molecule has 2 heteroatoms. The largest absolute Gasteiger partial charge is 0.381 e. The monoisotopic (exact) mass is 197 g/mol. The third kappa shape index (κ3) is 2.29. The Balaban J connectivity index is 1.86. The molecule has 0 saturated carbocycles. The Morgan fingerprint density at radius 3 is 2.93 bits per heavy atom. The van der Waals surface area contributed by atoms with Crippen molar-refractivity contribution in [3.63, 3.8) is 0 Å². The maximum Gasteiger partial charge on any atom is 0.0494 e. The minimum Gasteiger partial charge on any atom is -0.381 e. The summed E-state index contributed by atoms with van der Waals surface area (Å²) in [6.07, 6.45) is 8.00. The van der Waals surface area contributed by atoms with Crippen molar-refractivity contribution in [3.05, 3.63) is 0 Å². The molecule has 2 rings (SSSR count). The standard InChI is InChI=1S/C12H23NO/c1-2-12(6-4-7-13-12)9-11-5-3-8-14-10-11/h11,13H,2-10H2,1H3. The van der Waals surface area contributed by atoms with Crippen molar-refractivity contribution in [1.82, 2.24) is 5.32 Å². The van der Waals surface area contributed by atoms with Gasteiger partial charge in [-0.15, -0.1) is 0 Å². The van der Waals surface area contributed by atoms with Crippen LogP contribution in [-0.2, 0) is 4.74 Å². The molecule has 0 aromatic rings. The van der Waals surface area contributed by atoms with Gasteiger partial charge in [0.15, 0.2) is 0 Å². The summed E-state index contributed by atoms with van der Waals surface area (Å²) < 4.78 is 5.55. The molecule has 2 heterocycles. The molecule has 2 nitrogen and oxygen atoms in total. The van der Waals surface area contributed by atoms with Crippen molar-refractivity contribution in [2.24, 2.45) is 5.92 Å². The van der Waals surface area contributed by atoms with Crippen molar-refractivity contribution < 1.29 is 4.74 Å². The van der Waals surface area contributed by atoms with Crippen LogP contribution in [-0.4, -0.2) is 25.3 Å². The van der Waals surface area contributed by atoms with Gasteiger partial charge in [-0.1, -0.05) is 6.92 Å². The zero-order valence-corrected chi connectivity index (χ0v) is 9.35. The average Bonchev–Trinajstić information content (AvgIpc) is 2.69. The third-order valence-corrected chi connectivity index (χ3v) is 3.94. The predicted molar refractivity (Wildman–Crippen MR) is 58.4 cm³/mol. The quantitative estimate of drug-likeness (QED) is 0.750. The molecule has 0 spiro atoms. The van der Waals surface area contributed by atoms with E-state index in [1.165, 1.54) is 45.1 Å². The minimum absolute atomic E-state index is 0.464. The van der Waals surface area contributed by atoms with Gasteiger partial charge < -0.3 is 10.1 Å². The molecule has 2 aliphatic rings. The van der Waals surface area contributed by atoms with Crippen LogP contribution in [0.5, 0.6) is 0 Å². The van der Waals surface area contributed by atoms with Gasteiger partial charge in [-0.05, 0) is 51.0 Å². The van der Waals surface area contributed by atoms with Crippen molar-refractivity contribution in [2.45, 2.75) is 51.0 Å². The summed E-state index contributed by atoms with van der Waals surface area (Å²) in [7, 11) is 0. The maximum absolute atomic E-state index is 5.55. The van der Waals surface area contributed by atoms with Gasteiger partial charge in [0.2, 0.25) is 0 Å². The predicted octanol–water partition coefficient (Wildman–Crippen LogP) is 2.34. The van der Waals surface area contributed by atoms with E-state index >= 15 is 0 Å². The van der Waals surface area contributed by atoms with E-state index in [-0.39, 0.29) is 0 Å². The Hall–Kier alpha value is -0.0800. The van der Waals surface area contributed by atoms with E-state index in [1.54, 1.807) is 0 Å². The van der Waals surface area contributed by atoms with E-state index in [9.17, 15) is 0 Å². The highest BCUT2D eigenvalue weighted by molar-refractivity contribution is 4.93. The fraction of sp³-hybridized carbons (Fsp3) is 1.00. The molecule has 2 aliphatic heterocycles. The number of nitrogens with one attached hydrogen (secondary N) is 1. The molecule has 1 N–H and O–H groups in total. The molecule has 0 aromatic carbocycles. The summed E-state index contributed by atoms with van der Waals surface area (Å²) in [5.41, 5.74) is 0.464. The molecule has 2 atom stereocenters. The Morgan fingerprint density at radius 2 is 2.36 bits per heavy atom. The van der Waals surface area contributed by atoms with Crippen molar-refractivity contribution >= 4 is 0 Å². The van der Waals surface area contributed by atoms with Crippen LogP contribution in [0.1, 0.15) is 45.4 Å². The second-order valence-corrected chi connectivity index (χ2v) is 4.95. The molecule has 0 radical (unpaired) electrons. The smallest absolute Gasteiger partial charge is 0.0494 e. The van der Waals surface area contributed by atoms with Crippen LogP contribution in [0.15, 0.2) is 0 Å². The molecule has 2 unspecified atom stereocenters. The minimum atomic E-state index is 0.464. The molecular formula is C12H23NO. The molecule has 0 amide bonds. The van der Waals surface area contributed by atoms with E-state index in [0.717, 1.165) is 19.1 Å². The topological polar surface area (TPSA) is 21.3 Å². The molecular weight excluding hydrogens is 174 g/mol. The summed E-state index contributed by atoms with van der Waals surface area (Å²) in [6.45, 7) is 5.54. The van der Waals surface area contributed by atoms with Gasteiger partial charge in [0, 0.05) is 18.8 Å². The first-order valence-corrected chi connectivity index (χ1v) is 6.17. The summed E-state index contributed by atoms with van der Waals surface area (Å²) in [5, 5.41) is 3.71. The van der Waals surface area contributed by atoms with Crippen LogP contribution < -0.4 is 5.32 Å². The summed E-state index contributed by atoms with van der Waals surface area (Å²) in [5.74, 6) is 0.814. The first-order chi connectivity index (χ1) is 6.85. The van der Waals surface area contributed by atoms with Crippen molar-refractivity contribution in [2.75, 3.05) is 19.8 Å². The molecule has 0 aliphatic carbocycles. The molecule has 82 valence electrons. The fourth-order valence-electron chi connectivity index (χ4n) is 3.01. The van der Waals surface area contributed by atoms with Crippen LogP contribution in [0, 0.1) is 5.92 Å². The molecule has 0 bridgehead atoms. The van der Waals surface area contributed by atoms with Crippen LogP contribution in [0.2, 0.25) is 0 Å². The lowest BCUT2D eigenvalue weighted by molar-refractivity contribution is 0.0397. The fourth-order valence-corrected chi connectivity index (χ4v) is 3.01. The lowest BCUT2D eigenvalue weighted by Gasteiger charge is -2.34. The van der Waals surface area contributed by atoms with Crippen LogP contribution in [0.4, 0.5) is 0 Å². The Bertz CT molecular complexity index is 169. The highest BCUT2D eigenvalue weighted by Gasteiger charge is 2.34. The van der Waals surface area contributed by atoms with Gasteiger partial charge in [0.05, 0.1) is 0 Å². The summed E-state index contributed by atoms with van der Waals surface area (Å²) in [6, 6.07) is 0. The van der Waals surface area contributed by atoms with Crippen molar-refractivity contribution in [3.8, 4) is 0 Å². The SMILES string of the molecule is CCC1(CC2CCCOC2)CCCN1. The van der Waals surface area contributed by atoms with Crippen molar-refractivity contribution in [1.29, 1.82) is 0 Å². The number of ether oxygens (including phenoxy) is 1. The van der Waals surface area contributed by atoms with Crippen LogP contribution in [0.25, 0.3) is 0 Å². The summed E-state index contributed by atoms with van der Waals surface area (Å²) in [4.78, 5) is 0. The zero-order chi connectivity index (χ0) is 9.86. The van der Waals surface area contributed by atoms with E-state index in [0.29, 0.717) is 5.54 Å². The molecule has 0 aromatic heterocycles. The van der Waals surface area contributed by atoms with Crippen LogP contribution in [0.3, 0.4) is 0 Å². The second kappa shape index (κ2) is 4.63. The van der Waals surface area contributed by atoms with Gasteiger partial charge in [-0.3, -0.25) is 0 Å². The van der Waals surface area contributed by atoms with Gasteiger partial charge in [0.25, 0.3) is 0 Å². The lowest BCUT2D eigenvalue weighted by Crippen LogP contribution is -2.42. The Labute approximate surface area is 87.4 Å². The van der Waals surface area contributed by atoms with Gasteiger partial charge in [-0.2, -0.15) is 0 Å². The third-order valence-electron chi connectivity index (χ3n) is 3.94. The van der Waals surface area contributed by atoms with Gasteiger partial charge in [0.1, 0.15) is 0 Å².